The number of carbonyl (C=O) groups excluding carboxylic acids is 1. The Labute approximate surface area is 73.2 Å². The van der Waals surface area contributed by atoms with E-state index in [0.717, 1.165) is 19.4 Å². The van der Waals surface area contributed by atoms with Gasteiger partial charge in [-0.2, -0.15) is 0 Å². The lowest BCUT2D eigenvalue weighted by molar-refractivity contribution is -0.123. The average Bonchev–Trinajstić information content (AvgIpc) is 2.09. The van der Waals surface area contributed by atoms with Crippen LogP contribution in [0, 0.1) is 11.8 Å². The van der Waals surface area contributed by atoms with Crippen LogP contribution in [0.1, 0.15) is 26.2 Å². The van der Waals surface area contributed by atoms with E-state index in [1.54, 1.807) is 0 Å². The molecule has 1 aliphatic rings. The van der Waals surface area contributed by atoms with Gasteiger partial charge in [-0.1, -0.05) is 6.92 Å². The molecule has 0 aromatic carbocycles. The van der Waals surface area contributed by atoms with Gasteiger partial charge in [-0.25, -0.2) is 0 Å². The number of aliphatic hydroxyl groups is 1. The minimum Gasteiger partial charge on any atom is -0.396 e. The van der Waals surface area contributed by atoms with E-state index < -0.39 is 0 Å². The predicted molar refractivity (Wildman–Crippen MR) is 46.6 cm³/mol. The van der Waals surface area contributed by atoms with Crippen molar-refractivity contribution in [3.63, 3.8) is 0 Å². The van der Waals surface area contributed by atoms with E-state index in [4.69, 9.17) is 5.11 Å². The first-order chi connectivity index (χ1) is 5.72. The van der Waals surface area contributed by atoms with Crippen LogP contribution >= 0.6 is 0 Å². The van der Waals surface area contributed by atoms with Crippen LogP contribution in [-0.2, 0) is 4.79 Å². The van der Waals surface area contributed by atoms with Gasteiger partial charge in [-0.15, -0.1) is 0 Å². The molecule has 70 valence electrons. The van der Waals surface area contributed by atoms with E-state index in [9.17, 15) is 4.79 Å². The van der Waals surface area contributed by atoms with E-state index in [-0.39, 0.29) is 12.5 Å². The first kappa shape index (κ1) is 9.52. The van der Waals surface area contributed by atoms with Crippen molar-refractivity contribution in [1.29, 1.82) is 0 Å². The molecule has 0 spiro atoms. The summed E-state index contributed by atoms with van der Waals surface area (Å²) in [5, 5.41) is 11.7. The quantitative estimate of drug-likeness (QED) is 0.650. The molecular formula is C9H17NO2. The van der Waals surface area contributed by atoms with Crippen LogP contribution in [0.2, 0.25) is 0 Å². The van der Waals surface area contributed by atoms with Gasteiger partial charge in [0.15, 0.2) is 0 Å². The SMILES string of the molecule is CC(CO)CC1CCC(=O)NC1. The fourth-order valence-corrected chi connectivity index (χ4v) is 1.63. The Morgan fingerprint density at radius 3 is 3.00 bits per heavy atom. The van der Waals surface area contributed by atoms with Gasteiger partial charge in [-0.05, 0) is 24.7 Å². The number of carbonyl (C=O) groups is 1. The van der Waals surface area contributed by atoms with Crippen molar-refractivity contribution < 1.29 is 9.90 Å². The van der Waals surface area contributed by atoms with Crippen LogP contribution in [0.15, 0.2) is 0 Å². The average molecular weight is 171 g/mol. The van der Waals surface area contributed by atoms with E-state index in [2.05, 4.69) is 5.32 Å². The Morgan fingerprint density at radius 1 is 1.75 bits per heavy atom. The van der Waals surface area contributed by atoms with Gasteiger partial charge in [-0.3, -0.25) is 4.79 Å². The smallest absolute Gasteiger partial charge is 0.220 e. The van der Waals surface area contributed by atoms with E-state index in [1.165, 1.54) is 0 Å². The Kier molecular flexibility index (Phi) is 3.53. The molecule has 2 unspecified atom stereocenters. The molecule has 1 amide bonds. The summed E-state index contributed by atoms with van der Waals surface area (Å²) in [7, 11) is 0. The summed E-state index contributed by atoms with van der Waals surface area (Å²) in [6, 6.07) is 0. The van der Waals surface area contributed by atoms with E-state index >= 15 is 0 Å². The molecule has 0 saturated carbocycles. The second kappa shape index (κ2) is 4.45. The topological polar surface area (TPSA) is 49.3 Å². The summed E-state index contributed by atoms with van der Waals surface area (Å²) < 4.78 is 0. The molecule has 12 heavy (non-hydrogen) atoms. The molecule has 0 aromatic rings. The molecule has 2 atom stereocenters. The zero-order valence-corrected chi connectivity index (χ0v) is 7.55. The van der Waals surface area contributed by atoms with Crippen molar-refractivity contribution in [1.82, 2.24) is 5.32 Å². The Bertz CT molecular complexity index is 149. The second-order valence-electron chi connectivity index (χ2n) is 3.73. The molecule has 1 aliphatic heterocycles. The minimum absolute atomic E-state index is 0.169. The molecule has 3 heteroatoms. The molecule has 0 radical (unpaired) electrons. The third kappa shape index (κ3) is 2.81. The number of hydrogen-bond donors (Lipinski definition) is 2. The lowest BCUT2D eigenvalue weighted by Gasteiger charge is -2.24. The van der Waals surface area contributed by atoms with Crippen LogP contribution in [0.5, 0.6) is 0 Å². The summed E-state index contributed by atoms with van der Waals surface area (Å²) in [4.78, 5) is 10.8. The third-order valence-electron chi connectivity index (χ3n) is 2.41. The molecule has 3 nitrogen and oxygen atoms in total. The summed E-state index contributed by atoms with van der Waals surface area (Å²) in [6.07, 6.45) is 2.66. The maximum Gasteiger partial charge on any atom is 0.220 e. The fourth-order valence-electron chi connectivity index (χ4n) is 1.63. The number of nitrogens with one attached hydrogen (secondary N) is 1. The van der Waals surface area contributed by atoms with Gasteiger partial charge in [0.2, 0.25) is 5.91 Å². The van der Waals surface area contributed by atoms with Crippen LogP contribution < -0.4 is 5.32 Å². The van der Waals surface area contributed by atoms with E-state index in [0.29, 0.717) is 18.3 Å². The van der Waals surface area contributed by atoms with Gasteiger partial charge in [0.05, 0.1) is 0 Å². The Balaban J connectivity index is 2.21. The molecule has 0 aromatic heterocycles. The second-order valence-corrected chi connectivity index (χ2v) is 3.73. The summed E-state index contributed by atoms with van der Waals surface area (Å²) in [5.41, 5.74) is 0. The third-order valence-corrected chi connectivity index (χ3v) is 2.41. The maximum absolute atomic E-state index is 10.8. The standard InChI is InChI=1S/C9H17NO2/c1-7(6-11)4-8-2-3-9(12)10-5-8/h7-8,11H,2-6H2,1H3,(H,10,12). The van der Waals surface area contributed by atoms with E-state index in [1.807, 2.05) is 6.92 Å². The first-order valence-corrected chi connectivity index (χ1v) is 4.60. The van der Waals surface area contributed by atoms with Crippen LogP contribution in [-0.4, -0.2) is 24.2 Å². The monoisotopic (exact) mass is 171 g/mol. The van der Waals surface area contributed by atoms with Gasteiger partial charge in [0.1, 0.15) is 0 Å². The molecule has 0 bridgehead atoms. The zero-order valence-electron chi connectivity index (χ0n) is 7.55. The number of amides is 1. The van der Waals surface area contributed by atoms with Crippen molar-refractivity contribution >= 4 is 5.91 Å². The lowest BCUT2D eigenvalue weighted by atomic mass is 9.90. The molecule has 1 fully saturated rings. The Hall–Kier alpha value is -0.570. The van der Waals surface area contributed by atoms with Gasteiger partial charge >= 0.3 is 0 Å². The number of rotatable bonds is 3. The van der Waals surface area contributed by atoms with Gasteiger partial charge in [0, 0.05) is 19.6 Å². The van der Waals surface area contributed by atoms with Crippen molar-refractivity contribution in [3.05, 3.63) is 0 Å². The molecule has 1 heterocycles. The van der Waals surface area contributed by atoms with Crippen molar-refractivity contribution in [2.75, 3.05) is 13.2 Å². The number of hydrogen-bond acceptors (Lipinski definition) is 2. The normalized spacial score (nSPS) is 26.5. The number of aliphatic hydroxyl groups excluding tert-OH is 1. The Morgan fingerprint density at radius 2 is 2.50 bits per heavy atom. The van der Waals surface area contributed by atoms with Crippen molar-refractivity contribution in [2.24, 2.45) is 11.8 Å². The molecule has 0 aliphatic carbocycles. The van der Waals surface area contributed by atoms with Gasteiger partial charge < -0.3 is 10.4 Å². The predicted octanol–water partition coefficient (Wildman–Crippen LogP) is 0.531. The van der Waals surface area contributed by atoms with Crippen LogP contribution in [0.4, 0.5) is 0 Å². The fraction of sp³-hybridized carbons (Fsp3) is 0.889. The van der Waals surface area contributed by atoms with Crippen LogP contribution in [0.3, 0.4) is 0 Å². The van der Waals surface area contributed by atoms with Crippen LogP contribution in [0.25, 0.3) is 0 Å². The highest BCUT2D eigenvalue weighted by atomic mass is 16.3. The van der Waals surface area contributed by atoms with Crippen molar-refractivity contribution in [3.8, 4) is 0 Å². The zero-order chi connectivity index (χ0) is 8.97. The molecule has 2 N–H and O–H groups in total. The first-order valence-electron chi connectivity index (χ1n) is 4.60. The molecular weight excluding hydrogens is 154 g/mol. The summed E-state index contributed by atoms with van der Waals surface area (Å²) in [5.74, 6) is 1.11. The highest BCUT2D eigenvalue weighted by molar-refractivity contribution is 5.76. The highest BCUT2D eigenvalue weighted by Gasteiger charge is 2.19. The van der Waals surface area contributed by atoms with Gasteiger partial charge in [0.25, 0.3) is 0 Å². The maximum atomic E-state index is 10.8. The largest absolute Gasteiger partial charge is 0.396 e. The molecule has 1 rings (SSSR count). The highest BCUT2D eigenvalue weighted by Crippen LogP contribution is 2.19. The lowest BCUT2D eigenvalue weighted by Crippen LogP contribution is -2.35. The number of piperidine rings is 1. The van der Waals surface area contributed by atoms with Crippen molar-refractivity contribution in [2.45, 2.75) is 26.2 Å². The summed E-state index contributed by atoms with van der Waals surface area (Å²) >= 11 is 0. The molecule has 1 saturated heterocycles. The summed E-state index contributed by atoms with van der Waals surface area (Å²) in [6.45, 7) is 3.09. The minimum atomic E-state index is 0.169.